The number of hydrogen-bond acceptors (Lipinski definition) is 14. The van der Waals surface area contributed by atoms with Crippen molar-refractivity contribution in [1.82, 2.24) is 50.3 Å². The number of nitrogens with zero attached hydrogens (tertiary/aromatic N) is 11. The number of pyridine rings is 6. The summed E-state index contributed by atoms with van der Waals surface area (Å²) in [6, 6.07) is 23.7. The molecule has 5 aliphatic rings. The van der Waals surface area contributed by atoms with Crippen molar-refractivity contribution < 1.29 is 50.1 Å². The number of ketones is 2. The van der Waals surface area contributed by atoms with E-state index in [1.807, 2.05) is 44.4 Å². The van der Waals surface area contributed by atoms with Crippen molar-refractivity contribution in [2.24, 2.45) is 57.2 Å². The molecule has 9 heterocycles. The molecule has 2 saturated carbocycles. The van der Waals surface area contributed by atoms with Crippen molar-refractivity contribution in [3.63, 3.8) is 0 Å². The number of carbonyl (C=O) groups excluding carboxylic acids is 3. The molecule has 1 atom stereocenters. The van der Waals surface area contributed by atoms with E-state index in [1.54, 1.807) is 36.8 Å². The predicted octanol–water partition coefficient (Wildman–Crippen LogP) is 20.4. The fourth-order valence-corrected chi connectivity index (χ4v) is 15.8. The molecule has 4 aliphatic carbocycles. The molecule has 17 nitrogen and oxygen atoms in total. The van der Waals surface area contributed by atoms with E-state index >= 15 is 0 Å². The van der Waals surface area contributed by atoms with Gasteiger partial charge >= 0.3 is 33.0 Å². The van der Waals surface area contributed by atoms with Crippen molar-refractivity contribution in [2.75, 3.05) is 13.7 Å². The van der Waals surface area contributed by atoms with E-state index < -0.39 is 11.9 Å². The number of rotatable bonds is 19. The first-order valence-corrected chi connectivity index (χ1v) is 40.9. The van der Waals surface area contributed by atoms with Crippen LogP contribution in [0, 0.1) is 52.3 Å². The van der Waals surface area contributed by atoms with Crippen molar-refractivity contribution in [2.45, 2.75) is 265 Å². The van der Waals surface area contributed by atoms with Gasteiger partial charge in [-0.1, -0.05) is 193 Å². The first-order valence-electron chi connectivity index (χ1n) is 40.9. The average molecular weight is 1700 g/mol. The van der Waals surface area contributed by atoms with Gasteiger partial charge in [-0.15, -0.1) is 0 Å². The second kappa shape index (κ2) is 41.1. The molecule has 0 radical (unpaired) electrons. The number of aryl methyl sites for hydroxylation is 1. The summed E-state index contributed by atoms with van der Waals surface area (Å²) in [6.07, 6.45) is 30.4. The molecular formula is C94H127N11O6Pt. The number of ether oxygens (including phenoxy) is 1. The Bertz CT molecular complexity index is 4410. The Morgan fingerprint density at radius 1 is 0.455 bits per heavy atom. The number of esters is 1. The fourth-order valence-electron chi connectivity index (χ4n) is 15.8. The number of Topliss-reactive ketones (excluding diaryl/α,β-unsaturated/α-hetero) is 2. The number of aromatic carboxylic acids is 1. The zero-order valence-corrected chi connectivity index (χ0v) is 73.4. The molecule has 0 saturated heterocycles. The van der Waals surface area contributed by atoms with E-state index in [9.17, 15) is 19.2 Å². The van der Waals surface area contributed by atoms with Crippen molar-refractivity contribution >= 4 is 34.8 Å². The second-order valence-electron chi connectivity index (χ2n) is 36.3. The third-order valence-corrected chi connectivity index (χ3v) is 21.4. The maximum atomic E-state index is 12.5. The zero-order chi connectivity index (χ0) is 81.1. The quantitative estimate of drug-likeness (QED) is 0.0449. The van der Waals surface area contributed by atoms with Gasteiger partial charge in [0.25, 0.3) is 0 Å². The smallest absolute Gasteiger partial charge is 0.573 e. The molecule has 8 aromatic rings. The first-order chi connectivity index (χ1) is 52.4. The van der Waals surface area contributed by atoms with Gasteiger partial charge in [0.15, 0.2) is 5.78 Å². The van der Waals surface area contributed by atoms with Gasteiger partial charge in [0.05, 0.1) is 25.3 Å². The van der Waals surface area contributed by atoms with Gasteiger partial charge in [0.1, 0.15) is 22.9 Å². The molecule has 0 bridgehead atoms. The standard InChI is InChI=1S/C19H26N2.2C18H24N3.C18H25NO2.C11H15NO2.C10H13NO2.Pt/c1-13(2)10-14-7-8-17(20-11-14)16-12-21-18-15(16)6-5-9-19(18,3)4;1-12(2)10-13-7-8-15(19-11-13)17-16-14(20-21-17)6-5-9-18(16,3)4;1-12(2)10-13-7-8-15(19-11-13)16-14-6-5-9-18(3,4)17(14)21-20-16;1-12(2)10-13-7-8-15(19-11-13)16(20)14-6-5-9-18(3,4)17(14)21;1-8(2)6-9-4-5-10(12-7-9)11(13)14-3;1-7(2)5-8-3-4-9(10(12)13)11-6-8;/h7-8,11,13H,5-6,9-10,12H2,1-4H3;2*7-8,11-12H,5-6,9-10H2,1-4H3;7-8,11-12,14H,5-6,9-10H2,1-4H3;4-5,7-8H,6H2,1-3H3;3-4,6-7H,5H2,1-2H3,(H,12,13);/q;2*-1;;;;+2. The van der Waals surface area contributed by atoms with Gasteiger partial charge in [-0.25, -0.2) is 19.6 Å². The van der Waals surface area contributed by atoms with Crippen LogP contribution in [-0.4, -0.2) is 88.1 Å². The van der Waals surface area contributed by atoms with Gasteiger partial charge in [-0.05, 0) is 237 Å². The number of fused-ring (bicyclic) bond motifs is 3. The van der Waals surface area contributed by atoms with Crippen LogP contribution in [0.1, 0.15) is 296 Å². The Labute approximate surface area is 683 Å². The molecule has 604 valence electrons. The Morgan fingerprint density at radius 2 is 0.857 bits per heavy atom. The van der Waals surface area contributed by atoms with E-state index in [0.717, 1.165) is 116 Å². The molecule has 1 N–H and O–H groups in total. The number of allylic oxidation sites excluding steroid dienone is 1. The molecule has 2 fully saturated rings. The number of carbonyl (C=O) groups is 4. The molecular weight excluding hydrogens is 1570 g/mol. The van der Waals surface area contributed by atoms with Gasteiger partial charge in [-0.3, -0.25) is 34.5 Å². The largest absolute Gasteiger partial charge is 2.00 e. The maximum absolute atomic E-state index is 12.5. The summed E-state index contributed by atoms with van der Waals surface area (Å²) in [6.45, 7) is 44.7. The normalized spacial score (nSPS) is 16.8. The van der Waals surface area contributed by atoms with Crippen LogP contribution in [0.5, 0.6) is 0 Å². The summed E-state index contributed by atoms with van der Waals surface area (Å²) in [4.78, 5) is 77.5. The molecule has 0 aromatic carbocycles. The van der Waals surface area contributed by atoms with Crippen LogP contribution >= 0.6 is 0 Å². The van der Waals surface area contributed by atoms with E-state index in [1.165, 1.54) is 108 Å². The van der Waals surface area contributed by atoms with E-state index in [4.69, 9.17) is 15.1 Å². The van der Waals surface area contributed by atoms with Crippen molar-refractivity contribution in [3.05, 3.63) is 194 Å². The third kappa shape index (κ3) is 25.6. The van der Waals surface area contributed by atoms with E-state index in [2.05, 4.69) is 217 Å². The summed E-state index contributed by atoms with van der Waals surface area (Å²) in [5.74, 6) is 1.82. The molecule has 112 heavy (non-hydrogen) atoms. The Kier molecular flexibility index (Phi) is 33.4. The topological polar surface area (TPSA) is 241 Å². The number of aromatic nitrogens is 10. The van der Waals surface area contributed by atoms with E-state index in [-0.39, 0.29) is 66.0 Å². The SMILES string of the molecule is CC(C)Cc1ccc(-c2[n-]nc3c2C(C)(C)CCC3)nc1.CC(C)Cc1ccc(-c2[n-]nc3c2CCCC3(C)C)nc1.CC(C)Cc1ccc(C(=O)C2CCCC(C)(C)C2=O)nc1.CC(C)Cc1ccc(C(=O)O)nc1.CC(C)Cc1ccc(C2=C3CCCC(C)(C)C3=NC2)nc1.COC(=O)c1ccc(CC(C)C)cn1.[Pt+2]. The summed E-state index contributed by atoms with van der Waals surface area (Å²) < 4.78 is 4.56. The predicted molar refractivity (Wildman–Crippen MR) is 447 cm³/mol. The summed E-state index contributed by atoms with van der Waals surface area (Å²) >= 11 is 0. The summed E-state index contributed by atoms with van der Waals surface area (Å²) in [5.41, 5.74) is 22.6. The molecule has 0 amide bonds. The molecule has 0 spiro atoms. The fraction of sp³-hybridized carbons (Fsp3) is 0.543. The van der Waals surface area contributed by atoms with Crippen LogP contribution in [0.4, 0.5) is 0 Å². The third-order valence-electron chi connectivity index (χ3n) is 21.4. The second-order valence-corrected chi connectivity index (χ2v) is 36.3. The molecule has 1 unspecified atom stereocenters. The maximum Gasteiger partial charge on any atom is 2.00 e. The number of hydrogen-bond donors (Lipinski definition) is 1. The molecule has 13 rings (SSSR count). The van der Waals surface area contributed by atoms with E-state index in [0.29, 0.717) is 53.3 Å². The van der Waals surface area contributed by atoms with Gasteiger partial charge < -0.3 is 30.2 Å². The van der Waals surface area contributed by atoms with Crippen LogP contribution in [-0.2, 0) is 92.8 Å². The molecule has 18 heteroatoms. The number of carboxylic acid groups (broad SMARTS) is 1. The van der Waals surface area contributed by atoms with Gasteiger partial charge in [0.2, 0.25) is 0 Å². The minimum absolute atomic E-state index is 0. The van der Waals surface area contributed by atoms with Gasteiger partial charge in [0, 0.05) is 87.5 Å². The minimum Gasteiger partial charge on any atom is -0.573 e. The van der Waals surface area contributed by atoms with Crippen LogP contribution < -0.4 is 10.2 Å². The Balaban J connectivity index is 0.000000188. The molecule has 8 aromatic heterocycles. The van der Waals surface area contributed by atoms with Crippen molar-refractivity contribution in [1.29, 1.82) is 0 Å². The van der Waals surface area contributed by atoms with Crippen LogP contribution in [0.3, 0.4) is 0 Å². The van der Waals surface area contributed by atoms with Crippen LogP contribution in [0.2, 0.25) is 0 Å². The van der Waals surface area contributed by atoms with Crippen LogP contribution in [0.15, 0.2) is 121 Å². The summed E-state index contributed by atoms with van der Waals surface area (Å²) in [7, 11) is 1.35. The Morgan fingerprint density at radius 3 is 1.30 bits per heavy atom. The Hall–Kier alpha value is -8.30. The summed E-state index contributed by atoms with van der Waals surface area (Å²) in [5, 5.41) is 26.4. The van der Waals surface area contributed by atoms with Crippen LogP contribution in [0.25, 0.3) is 28.3 Å². The average Bonchev–Trinajstić information content (AvgIpc) is 1.60. The molecule has 1 aliphatic heterocycles. The van der Waals surface area contributed by atoms with Crippen molar-refractivity contribution in [3.8, 4) is 22.8 Å². The number of aliphatic imine (C=N–C) groups is 1. The number of methoxy groups -OCH3 is 1. The minimum atomic E-state index is -0.976. The van der Waals surface area contributed by atoms with Gasteiger partial charge in [-0.2, -0.15) is 0 Å². The zero-order valence-electron chi connectivity index (χ0n) is 71.1. The number of carboxylic acids is 1. The monoisotopic (exact) mass is 1700 g/mol. The first kappa shape index (κ1) is 90.9.